The molecule has 0 radical (unpaired) electrons. The Bertz CT molecular complexity index is 1150. The van der Waals surface area contributed by atoms with Crippen molar-refractivity contribution in [2.45, 2.75) is 25.0 Å². The lowest BCUT2D eigenvalue weighted by Crippen LogP contribution is -2.16. The Balaban J connectivity index is 1.85. The molecule has 3 heterocycles. The van der Waals surface area contributed by atoms with E-state index in [-0.39, 0.29) is 5.25 Å². The van der Waals surface area contributed by atoms with Gasteiger partial charge in [-0.2, -0.15) is 0 Å². The van der Waals surface area contributed by atoms with Gasteiger partial charge in [0.15, 0.2) is 0 Å². The Morgan fingerprint density at radius 1 is 1.41 bits per heavy atom. The number of hydrogen-bond donors (Lipinski definition) is 2. The Hall–Kier alpha value is -2.71. The maximum Gasteiger partial charge on any atom is 0.251 e. The number of amides is 1. The smallest absolute Gasteiger partial charge is 0.251 e. The van der Waals surface area contributed by atoms with Gasteiger partial charge in [-0.25, -0.2) is 9.19 Å². The zero-order valence-corrected chi connectivity index (χ0v) is 15.7. The highest BCUT2D eigenvalue weighted by Gasteiger charge is 2.33. The number of aryl methyl sites for hydroxylation is 1. The number of aliphatic hydroxyl groups excluding tert-OH is 1. The van der Waals surface area contributed by atoms with Crippen LogP contribution in [0.25, 0.3) is 22.0 Å². The molecule has 1 aliphatic carbocycles. The van der Waals surface area contributed by atoms with E-state index in [0.29, 0.717) is 5.82 Å². The number of hydrogen-bond acceptors (Lipinski definition) is 5. The average Bonchev–Trinajstić information content (AvgIpc) is 3.41. The van der Waals surface area contributed by atoms with Gasteiger partial charge in [-0.3, -0.25) is 13.8 Å². The number of nitrogens with zero attached hydrogens (tertiary/aromatic N) is 3. The van der Waals surface area contributed by atoms with Gasteiger partial charge in [0, 0.05) is 34.8 Å². The van der Waals surface area contributed by atoms with Gasteiger partial charge in [0.1, 0.15) is 12.4 Å². The molecule has 8 heteroatoms. The van der Waals surface area contributed by atoms with E-state index in [9.17, 15) is 9.00 Å². The molecule has 1 atom stereocenters. The van der Waals surface area contributed by atoms with Gasteiger partial charge in [-0.15, -0.1) is 0 Å². The Labute approximate surface area is 157 Å². The minimum atomic E-state index is -2.42. The quantitative estimate of drug-likeness (QED) is 0.656. The summed E-state index contributed by atoms with van der Waals surface area (Å²) >= 11 is 0. The fourth-order valence-electron chi connectivity index (χ4n) is 3.21. The van der Waals surface area contributed by atoms with E-state index < -0.39 is 22.2 Å². The number of rotatable bonds is 5. The van der Waals surface area contributed by atoms with E-state index >= 15 is 0 Å². The molecule has 0 saturated heterocycles. The number of carbonyl (C=O) groups excluding carboxylic acids is 1. The van der Waals surface area contributed by atoms with Crippen LogP contribution in [0, 0.1) is 6.92 Å². The van der Waals surface area contributed by atoms with Crippen molar-refractivity contribution in [3.05, 3.63) is 42.5 Å². The summed E-state index contributed by atoms with van der Waals surface area (Å²) in [4.78, 5) is 20.0. The minimum absolute atomic E-state index is 0.123. The van der Waals surface area contributed by atoms with Gasteiger partial charge in [-0.05, 0) is 49.4 Å². The van der Waals surface area contributed by atoms with E-state index in [1.165, 1.54) is 0 Å². The molecule has 1 amide bonds. The lowest BCUT2D eigenvalue weighted by Gasteiger charge is -2.14. The summed E-state index contributed by atoms with van der Waals surface area (Å²) in [5, 5.41) is 12.5. The summed E-state index contributed by atoms with van der Waals surface area (Å²) < 4.78 is 15.0. The van der Waals surface area contributed by atoms with E-state index in [4.69, 9.17) is 5.11 Å². The number of pyridine rings is 2. The number of fused-ring (bicyclic) bond motifs is 1. The summed E-state index contributed by atoms with van der Waals surface area (Å²) in [5.74, 6) is 3.82. The molecular formula is C19H20N4O3S. The molecule has 3 aromatic heterocycles. The van der Waals surface area contributed by atoms with Crippen LogP contribution < -0.4 is 5.32 Å². The van der Waals surface area contributed by atoms with Gasteiger partial charge in [-0.1, -0.05) is 0 Å². The van der Waals surface area contributed by atoms with E-state index in [1.807, 2.05) is 25.3 Å². The monoisotopic (exact) mass is 384 g/mol. The highest BCUT2D eigenvalue weighted by Crippen LogP contribution is 2.36. The first-order valence-electron chi connectivity index (χ1n) is 8.62. The van der Waals surface area contributed by atoms with Crippen molar-refractivity contribution in [2.24, 2.45) is 0 Å². The second kappa shape index (κ2) is 6.47. The predicted molar refractivity (Wildman–Crippen MR) is 107 cm³/mol. The van der Waals surface area contributed by atoms with Crippen molar-refractivity contribution in [3.63, 3.8) is 0 Å². The van der Waals surface area contributed by atoms with Gasteiger partial charge < -0.3 is 10.4 Å². The van der Waals surface area contributed by atoms with E-state index in [2.05, 4.69) is 21.2 Å². The standard InChI is InChI=1S/C19H20N4O3S/c1-12-19-15(6-8-23(19)27(2,26)14-3-4-14)16(10-21-12)13-5-7-20-17(9-13)22-18(25)11-24/h5-10,14,24H,2-4,11H2,1H3,(H,20,22,25). The maximum absolute atomic E-state index is 13.2. The maximum atomic E-state index is 13.2. The average molecular weight is 384 g/mol. The number of nitrogens with one attached hydrogen (secondary N) is 1. The fourth-order valence-corrected chi connectivity index (χ4v) is 5.21. The van der Waals surface area contributed by atoms with Crippen LogP contribution in [0.3, 0.4) is 0 Å². The SMILES string of the molecule is C=S(=O)(C1CC1)n1ccc2c(-c3ccnc(NC(=O)CO)c3)cnc(C)c21. The first kappa shape index (κ1) is 17.7. The first-order valence-corrected chi connectivity index (χ1v) is 10.4. The van der Waals surface area contributed by atoms with Crippen LogP contribution in [0.2, 0.25) is 0 Å². The van der Waals surface area contributed by atoms with Crippen molar-refractivity contribution >= 4 is 38.2 Å². The first-order chi connectivity index (χ1) is 12.9. The van der Waals surface area contributed by atoms with Crippen LogP contribution in [-0.2, 0) is 14.5 Å². The van der Waals surface area contributed by atoms with Gasteiger partial charge >= 0.3 is 0 Å². The van der Waals surface area contributed by atoms with Crippen LogP contribution in [0.4, 0.5) is 5.82 Å². The second-order valence-electron chi connectivity index (χ2n) is 6.69. The Morgan fingerprint density at radius 3 is 2.89 bits per heavy atom. The van der Waals surface area contributed by atoms with Gasteiger partial charge in [0.05, 0.1) is 20.9 Å². The topological polar surface area (TPSA) is 97.1 Å². The molecule has 0 spiro atoms. The van der Waals surface area contributed by atoms with Crippen molar-refractivity contribution in [3.8, 4) is 11.1 Å². The lowest BCUT2D eigenvalue weighted by molar-refractivity contribution is -0.118. The molecule has 4 rings (SSSR count). The van der Waals surface area contributed by atoms with E-state index in [0.717, 1.165) is 40.6 Å². The van der Waals surface area contributed by atoms with Gasteiger partial charge in [0.2, 0.25) is 0 Å². The molecule has 0 aliphatic heterocycles. The number of carbonyl (C=O) groups is 1. The lowest BCUT2D eigenvalue weighted by atomic mass is 10.0. The second-order valence-corrected chi connectivity index (χ2v) is 9.13. The normalized spacial score (nSPS) is 16.2. The molecule has 1 unspecified atom stereocenters. The molecule has 1 aliphatic rings. The number of anilines is 1. The fraction of sp³-hybridized carbons (Fsp3) is 0.263. The zero-order chi connectivity index (χ0) is 19.2. The number of aliphatic hydroxyl groups is 1. The largest absolute Gasteiger partial charge is 0.387 e. The summed E-state index contributed by atoms with van der Waals surface area (Å²) in [6.07, 6.45) is 7.04. The Morgan fingerprint density at radius 2 is 2.19 bits per heavy atom. The van der Waals surface area contributed by atoms with E-state index in [1.54, 1.807) is 22.4 Å². The summed E-state index contributed by atoms with van der Waals surface area (Å²) in [6.45, 7) is 1.29. The summed E-state index contributed by atoms with van der Waals surface area (Å²) in [5.41, 5.74) is 3.27. The molecule has 3 aromatic rings. The third kappa shape index (κ3) is 3.11. The molecule has 2 N–H and O–H groups in total. The molecule has 27 heavy (non-hydrogen) atoms. The predicted octanol–water partition coefficient (Wildman–Crippen LogP) is 1.98. The van der Waals surface area contributed by atoms with Crippen molar-refractivity contribution in [1.82, 2.24) is 13.9 Å². The minimum Gasteiger partial charge on any atom is -0.387 e. The molecule has 1 saturated carbocycles. The van der Waals surface area contributed by atoms with Crippen molar-refractivity contribution < 1.29 is 14.1 Å². The molecule has 140 valence electrons. The summed E-state index contributed by atoms with van der Waals surface area (Å²) in [6, 6.07) is 5.47. The van der Waals surface area contributed by atoms with Crippen LogP contribution in [0.5, 0.6) is 0 Å². The van der Waals surface area contributed by atoms with Crippen LogP contribution in [0.15, 0.2) is 36.8 Å². The van der Waals surface area contributed by atoms with Crippen LogP contribution in [0.1, 0.15) is 18.5 Å². The Kier molecular flexibility index (Phi) is 4.24. The zero-order valence-electron chi connectivity index (χ0n) is 14.9. The summed E-state index contributed by atoms with van der Waals surface area (Å²) in [7, 11) is -2.42. The number of aromatic nitrogens is 3. The highest BCUT2D eigenvalue weighted by molar-refractivity contribution is 7.99. The molecule has 0 aromatic carbocycles. The van der Waals surface area contributed by atoms with Crippen molar-refractivity contribution in [2.75, 3.05) is 11.9 Å². The third-order valence-electron chi connectivity index (χ3n) is 4.73. The molecule has 0 bridgehead atoms. The highest BCUT2D eigenvalue weighted by atomic mass is 32.2. The van der Waals surface area contributed by atoms with Crippen LogP contribution >= 0.6 is 0 Å². The van der Waals surface area contributed by atoms with Gasteiger partial charge in [0.25, 0.3) is 5.91 Å². The third-order valence-corrected chi connectivity index (χ3v) is 7.22. The molecular weight excluding hydrogens is 364 g/mol. The molecule has 7 nitrogen and oxygen atoms in total. The molecule has 1 fully saturated rings. The van der Waals surface area contributed by atoms with Crippen molar-refractivity contribution in [1.29, 1.82) is 0 Å². The van der Waals surface area contributed by atoms with Crippen LogP contribution in [-0.4, -0.2) is 46.9 Å².